The van der Waals surface area contributed by atoms with Gasteiger partial charge in [0.05, 0.1) is 36.1 Å². The Morgan fingerprint density at radius 1 is 1.15 bits per heavy atom. The van der Waals surface area contributed by atoms with Gasteiger partial charge in [0.15, 0.2) is 11.5 Å². The Morgan fingerprint density at radius 3 is 2.53 bits per heavy atom. The van der Waals surface area contributed by atoms with Crippen molar-refractivity contribution in [1.82, 2.24) is 10.3 Å². The van der Waals surface area contributed by atoms with E-state index in [2.05, 4.69) is 34.7 Å². The number of anilines is 2. The van der Waals surface area contributed by atoms with Gasteiger partial charge in [0.25, 0.3) is 5.91 Å². The van der Waals surface area contributed by atoms with Crippen LogP contribution in [0.3, 0.4) is 0 Å². The summed E-state index contributed by atoms with van der Waals surface area (Å²) in [6.45, 7) is 8.13. The third-order valence-electron chi connectivity index (χ3n) is 5.41. The summed E-state index contributed by atoms with van der Waals surface area (Å²) in [6.07, 6.45) is 2.73. The van der Waals surface area contributed by atoms with E-state index in [4.69, 9.17) is 20.5 Å². The van der Waals surface area contributed by atoms with E-state index in [-0.39, 0.29) is 0 Å². The molecule has 0 aliphatic carbocycles. The maximum Gasteiger partial charge on any atom is 0.252 e. The van der Waals surface area contributed by atoms with Crippen molar-refractivity contribution in [3.05, 3.63) is 53.2 Å². The lowest BCUT2D eigenvalue weighted by Gasteiger charge is -2.19. The number of fused-ring (bicyclic) bond motifs is 1. The largest absolute Gasteiger partial charge is 0.490 e. The topological polar surface area (TPSA) is 122 Å². The Balaban J connectivity index is 2.11. The standard InChI is InChI=1S/C26H31N5O3/c1-4-18-17(15-29-12-8-11-27)9-7-10-21(18)31-25-19-13-23(33-5-2)24(34-6-3)14-22(19)30-16-20(25)26(28)32/h7,9-10,13-14,16,29H,4-6,8,12,15H2,1-3H3,(H2,28,32)(H,30,31). The average Bonchev–Trinajstić information content (AvgIpc) is 2.83. The number of nitrogens with zero attached hydrogens (tertiary/aromatic N) is 2. The monoisotopic (exact) mass is 461 g/mol. The van der Waals surface area contributed by atoms with Crippen molar-refractivity contribution >= 4 is 28.2 Å². The third-order valence-corrected chi connectivity index (χ3v) is 5.41. The molecule has 0 atom stereocenters. The van der Waals surface area contributed by atoms with Gasteiger partial charge in [-0.05, 0) is 43.5 Å². The van der Waals surface area contributed by atoms with Gasteiger partial charge in [-0.2, -0.15) is 5.26 Å². The van der Waals surface area contributed by atoms with Crippen molar-refractivity contribution in [2.24, 2.45) is 5.73 Å². The lowest BCUT2D eigenvalue weighted by molar-refractivity contribution is 0.100. The number of nitriles is 1. The van der Waals surface area contributed by atoms with Crippen molar-refractivity contribution in [3.63, 3.8) is 0 Å². The van der Waals surface area contributed by atoms with E-state index in [9.17, 15) is 4.79 Å². The van der Waals surface area contributed by atoms with Crippen molar-refractivity contribution in [1.29, 1.82) is 5.26 Å². The Hall–Kier alpha value is -3.83. The highest BCUT2D eigenvalue weighted by Crippen LogP contribution is 2.38. The molecule has 3 aromatic rings. The van der Waals surface area contributed by atoms with Crippen molar-refractivity contribution < 1.29 is 14.3 Å². The number of pyridine rings is 1. The fourth-order valence-corrected chi connectivity index (χ4v) is 3.89. The fraction of sp³-hybridized carbons (Fsp3) is 0.346. The summed E-state index contributed by atoms with van der Waals surface area (Å²) in [7, 11) is 0. The van der Waals surface area contributed by atoms with Gasteiger partial charge in [0.1, 0.15) is 0 Å². The zero-order chi connectivity index (χ0) is 24.5. The van der Waals surface area contributed by atoms with Gasteiger partial charge in [-0.1, -0.05) is 19.1 Å². The molecular weight excluding hydrogens is 430 g/mol. The van der Waals surface area contributed by atoms with Crippen molar-refractivity contribution in [2.45, 2.75) is 40.2 Å². The van der Waals surface area contributed by atoms with Crippen molar-refractivity contribution in [3.8, 4) is 17.6 Å². The van der Waals surface area contributed by atoms with Crippen LogP contribution in [0.1, 0.15) is 48.7 Å². The second kappa shape index (κ2) is 11.9. The summed E-state index contributed by atoms with van der Waals surface area (Å²) in [4.78, 5) is 16.8. The van der Waals surface area contributed by atoms with Gasteiger partial charge < -0.3 is 25.8 Å². The number of ether oxygens (including phenoxy) is 2. The number of aromatic nitrogens is 1. The molecule has 8 nitrogen and oxygen atoms in total. The van der Waals surface area contributed by atoms with Crippen LogP contribution in [0, 0.1) is 11.3 Å². The number of nitrogens with two attached hydrogens (primary N) is 1. The number of nitrogens with one attached hydrogen (secondary N) is 2. The average molecular weight is 462 g/mol. The number of benzene rings is 2. The fourth-order valence-electron chi connectivity index (χ4n) is 3.89. The minimum atomic E-state index is -0.573. The summed E-state index contributed by atoms with van der Waals surface area (Å²) >= 11 is 0. The molecule has 1 heterocycles. The number of carbonyl (C=O) groups is 1. The number of hydrogen-bond donors (Lipinski definition) is 3. The minimum absolute atomic E-state index is 0.290. The summed E-state index contributed by atoms with van der Waals surface area (Å²) in [5.41, 5.74) is 10.4. The molecule has 0 radical (unpaired) electrons. The SMILES string of the molecule is CCOc1cc2ncc(C(N)=O)c(Nc3cccc(CNCCC#N)c3CC)c2cc1OCC. The number of carbonyl (C=O) groups excluding carboxylic acids is 1. The highest BCUT2D eigenvalue weighted by Gasteiger charge is 2.18. The van der Waals surface area contributed by atoms with Crippen LogP contribution in [0.2, 0.25) is 0 Å². The van der Waals surface area contributed by atoms with Crippen LogP contribution in [0.15, 0.2) is 36.5 Å². The Kier molecular flexibility index (Phi) is 8.66. The van der Waals surface area contributed by atoms with Crippen LogP contribution in [0.4, 0.5) is 11.4 Å². The molecule has 34 heavy (non-hydrogen) atoms. The van der Waals surface area contributed by atoms with E-state index < -0.39 is 5.91 Å². The molecule has 3 rings (SSSR count). The molecule has 178 valence electrons. The highest BCUT2D eigenvalue weighted by molar-refractivity contribution is 6.08. The number of primary amides is 1. The van der Waals surface area contributed by atoms with Gasteiger partial charge in [-0.15, -0.1) is 0 Å². The van der Waals surface area contributed by atoms with Gasteiger partial charge in [-0.3, -0.25) is 9.78 Å². The number of rotatable bonds is 12. The van der Waals surface area contributed by atoms with Crippen LogP contribution in [0.25, 0.3) is 10.9 Å². The summed E-state index contributed by atoms with van der Waals surface area (Å²) in [5.74, 6) is 0.604. The number of hydrogen-bond acceptors (Lipinski definition) is 7. The van der Waals surface area contributed by atoms with Crippen LogP contribution in [-0.4, -0.2) is 30.6 Å². The predicted molar refractivity (Wildman–Crippen MR) is 134 cm³/mol. The second-order valence-electron chi connectivity index (χ2n) is 7.60. The van der Waals surface area contributed by atoms with Gasteiger partial charge in [0, 0.05) is 42.8 Å². The molecule has 8 heteroatoms. The second-order valence-corrected chi connectivity index (χ2v) is 7.60. The van der Waals surface area contributed by atoms with Crippen LogP contribution in [-0.2, 0) is 13.0 Å². The van der Waals surface area contributed by atoms with Crippen LogP contribution >= 0.6 is 0 Å². The summed E-state index contributed by atoms with van der Waals surface area (Å²) in [6, 6.07) is 11.8. The molecule has 0 aliphatic heterocycles. The molecule has 2 aromatic carbocycles. The zero-order valence-corrected chi connectivity index (χ0v) is 19.9. The van der Waals surface area contributed by atoms with Crippen LogP contribution < -0.4 is 25.8 Å². The normalized spacial score (nSPS) is 10.6. The third kappa shape index (κ3) is 5.56. The lowest BCUT2D eigenvalue weighted by atomic mass is 10.0. The lowest BCUT2D eigenvalue weighted by Crippen LogP contribution is -2.17. The smallest absolute Gasteiger partial charge is 0.252 e. The molecule has 1 amide bonds. The molecule has 1 aromatic heterocycles. The van der Waals surface area contributed by atoms with E-state index in [0.29, 0.717) is 66.4 Å². The quantitative estimate of drug-likeness (QED) is 0.341. The Morgan fingerprint density at radius 2 is 1.88 bits per heavy atom. The highest BCUT2D eigenvalue weighted by atomic mass is 16.5. The maximum atomic E-state index is 12.3. The zero-order valence-electron chi connectivity index (χ0n) is 19.9. The molecule has 0 spiro atoms. The predicted octanol–water partition coefficient (Wildman–Crippen LogP) is 4.44. The molecule has 0 saturated carbocycles. The van der Waals surface area contributed by atoms with Crippen LogP contribution in [0.5, 0.6) is 11.5 Å². The molecule has 0 fully saturated rings. The number of amides is 1. The first kappa shape index (κ1) is 24.8. The molecular formula is C26H31N5O3. The Bertz CT molecular complexity index is 1200. The van der Waals surface area contributed by atoms with E-state index in [1.54, 1.807) is 0 Å². The first-order valence-corrected chi connectivity index (χ1v) is 11.5. The molecule has 0 aliphatic rings. The molecule has 4 N–H and O–H groups in total. The van der Waals surface area contributed by atoms with Gasteiger partial charge >= 0.3 is 0 Å². The Labute approximate surface area is 200 Å². The first-order chi connectivity index (χ1) is 16.5. The first-order valence-electron chi connectivity index (χ1n) is 11.5. The minimum Gasteiger partial charge on any atom is -0.490 e. The molecule has 0 saturated heterocycles. The van der Waals surface area contributed by atoms with E-state index in [0.717, 1.165) is 23.2 Å². The van der Waals surface area contributed by atoms with E-state index in [1.807, 2.05) is 38.1 Å². The van der Waals surface area contributed by atoms with Gasteiger partial charge in [0.2, 0.25) is 0 Å². The molecule has 0 unspecified atom stereocenters. The van der Waals surface area contributed by atoms with E-state index in [1.165, 1.54) is 6.20 Å². The van der Waals surface area contributed by atoms with Gasteiger partial charge in [-0.25, -0.2) is 0 Å². The molecule has 0 bridgehead atoms. The summed E-state index contributed by atoms with van der Waals surface area (Å²) < 4.78 is 11.5. The maximum absolute atomic E-state index is 12.3. The van der Waals surface area contributed by atoms with E-state index >= 15 is 0 Å². The summed E-state index contributed by atoms with van der Waals surface area (Å²) in [5, 5.41) is 16.2. The van der Waals surface area contributed by atoms with Crippen molar-refractivity contribution in [2.75, 3.05) is 25.1 Å².